The maximum Gasteiger partial charge on any atom is 0.271 e. The number of piperidine rings is 1. The molecule has 1 fully saturated rings. The average molecular weight is 330 g/mol. The Morgan fingerprint density at radius 1 is 1.42 bits per heavy atom. The molecule has 0 saturated carbocycles. The number of aromatic nitrogens is 4. The van der Waals surface area contributed by atoms with Crippen LogP contribution in [0, 0.1) is 0 Å². The fourth-order valence-corrected chi connectivity index (χ4v) is 3.34. The first-order valence-electron chi connectivity index (χ1n) is 8.59. The van der Waals surface area contributed by atoms with Crippen LogP contribution in [0.1, 0.15) is 41.5 Å². The number of H-pyrrole nitrogens is 1. The number of hydrogen-bond donors (Lipinski definition) is 1. The number of carbonyl (C=O) groups is 1. The van der Waals surface area contributed by atoms with Gasteiger partial charge in [0.2, 0.25) is 0 Å². The molecular formula is C17H26N6O. The fraction of sp³-hybridized carbons (Fsp3) is 0.588. The summed E-state index contributed by atoms with van der Waals surface area (Å²) in [5.74, 6) is 1.44. The number of aromatic amines is 1. The molecule has 7 nitrogen and oxygen atoms in total. The van der Waals surface area contributed by atoms with Crippen LogP contribution in [-0.4, -0.2) is 69.2 Å². The molecular weight excluding hydrogens is 304 g/mol. The molecule has 130 valence electrons. The second kappa shape index (κ2) is 7.61. The van der Waals surface area contributed by atoms with E-state index >= 15 is 0 Å². The van der Waals surface area contributed by atoms with Crippen molar-refractivity contribution in [2.75, 3.05) is 33.7 Å². The Hall–Kier alpha value is -2.15. The maximum atomic E-state index is 12.5. The number of hydrogen-bond acceptors (Lipinski definition) is 4. The summed E-state index contributed by atoms with van der Waals surface area (Å²) in [5.41, 5.74) is 0.560. The average Bonchev–Trinajstić information content (AvgIpc) is 3.26. The molecule has 1 aliphatic heterocycles. The Bertz CT molecular complexity index is 648. The smallest absolute Gasteiger partial charge is 0.271 e. The van der Waals surface area contributed by atoms with Crippen LogP contribution in [0.5, 0.6) is 0 Å². The molecule has 0 unspecified atom stereocenters. The third-order valence-corrected chi connectivity index (χ3v) is 4.56. The van der Waals surface area contributed by atoms with Crippen molar-refractivity contribution in [1.29, 1.82) is 0 Å². The van der Waals surface area contributed by atoms with Crippen molar-refractivity contribution in [3.05, 3.63) is 36.2 Å². The van der Waals surface area contributed by atoms with E-state index in [1.807, 2.05) is 11.1 Å². The third kappa shape index (κ3) is 3.84. The normalized spacial score (nSPS) is 18.3. The first kappa shape index (κ1) is 16.7. The van der Waals surface area contributed by atoms with Gasteiger partial charge in [-0.3, -0.25) is 9.89 Å². The summed E-state index contributed by atoms with van der Waals surface area (Å²) in [6.45, 7) is 3.56. The SMILES string of the molecule is CN(C)CCCn1ccnc1[C@H]1CCCN(C(=O)c2ccn[nH]2)C1. The van der Waals surface area contributed by atoms with Gasteiger partial charge < -0.3 is 14.4 Å². The number of nitrogens with zero attached hydrogens (tertiary/aromatic N) is 5. The molecule has 0 radical (unpaired) electrons. The molecule has 1 atom stereocenters. The van der Waals surface area contributed by atoms with Crippen LogP contribution in [0.4, 0.5) is 0 Å². The van der Waals surface area contributed by atoms with Gasteiger partial charge in [0.15, 0.2) is 0 Å². The highest BCUT2D eigenvalue weighted by molar-refractivity contribution is 5.92. The Labute approximate surface area is 142 Å². The van der Waals surface area contributed by atoms with E-state index in [-0.39, 0.29) is 5.91 Å². The van der Waals surface area contributed by atoms with Gasteiger partial charge in [-0.1, -0.05) is 0 Å². The highest BCUT2D eigenvalue weighted by Gasteiger charge is 2.28. The molecule has 24 heavy (non-hydrogen) atoms. The highest BCUT2D eigenvalue weighted by atomic mass is 16.2. The van der Waals surface area contributed by atoms with E-state index in [4.69, 9.17) is 0 Å². The van der Waals surface area contributed by atoms with Gasteiger partial charge in [0.1, 0.15) is 11.5 Å². The number of nitrogens with one attached hydrogen (secondary N) is 1. The van der Waals surface area contributed by atoms with E-state index in [0.29, 0.717) is 11.6 Å². The summed E-state index contributed by atoms with van der Waals surface area (Å²) in [4.78, 5) is 21.2. The first-order valence-corrected chi connectivity index (χ1v) is 8.59. The maximum absolute atomic E-state index is 12.5. The fourth-order valence-electron chi connectivity index (χ4n) is 3.34. The van der Waals surface area contributed by atoms with Crippen LogP contribution in [0.3, 0.4) is 0 Å². The number of amides is 1. The standard InChI is InChI=1S/C17H26N6O/c1-21(2)9-4-11-22-12-8-18-16(22)14-5-3-10-23(13-14)17(24)15-6-7-19-20-15/h6-8,12,14H,3-5,9-11,13H2,1-2H3,(H,19,20)/t14-/m0/s1. The van der Waals surface area contributed by atoms with E-state index in [0.717, 1.165) is 51.3 Å². The predicted octanol–water partition coefficient (Wildman–Crippen LogP) is 1.58. The van der Waals surface area contributed by atoms with Gasteiger partial charge in [-0.25, -0.2) is 4.98 Å². The molecule has 2 aromatic heterocycles. The van der Waals surface area contributed by atoms with Crippen molar-refractivity contribution in [2.24, 2.45) is 0 Å². The molecule has 1 aliphatic rings. The quantitative estimate of drug-likeness (QED) is 0.873. The lowest BCUT2D eigenvalue weighted by atomic mass is 9.96. The Morgan fingerprint density at radius 2 is 2.29 bits per heavy atom. The molecule has 2 aromatic rings. The number of aryl methyl sites for hydroxylation is 1. The molecule has 7 heteroatoms. The third-order valence-electron chi connectivity index (χ3n) is 4.56. The molecule has 0 bridgehead atoms. The van der Waals surface area contributed by atoms with Crippen LogP contribution in [0.15, 0.2) is 24.7 Å². The number of imidazole rings is 1. The molecule has 0 aromatic carbocycles. The summed E-state index contributed by atoms with van der Waals surface area (Å²) in [5, 5.41) is 6.64. The van der Waals surface area contributed by atoms with Gasteiger partial charge in [0.05, 0.1) is 0 Å². The Balaban J connectivity index is 1.65. The van der Waals surface area contributed by atoms with Crippen molar-refractivity contribution in [1.82, 2.24) is 29.5 Å². The van der Waals surface area contributed by atoms with E-state index in [9.17, 15) is 4.79 Å². The number of likely N-dealkylation sites (tertiary alicyclic amines) is 1. The van der Waals surface area contributed by atoms with E-state index in [1.165, 1.54) is 0 Å². The van der Waals surface area contributed by atoms with Crippen LogP contribution in [0.25, 0.3) is 0 Å². The monoisotopic (exact) mass is 330 g/mol. The first-order chi connectivity index (χ1) is 11.6. The van der Waals surface area contributed by atoms with E-state index < -0.39 is 0 Å². The van der Waals surface area contributed by atoms with Gasteiger partial charge >= 0.3 is 0 Å². The van der Waals surface area contributed by atoms with Gasteiger partial charge in [-0.15, -0.1) is 0 Å². The number of rotatable bonds is 6. The summed E-state index contributed by atoms with van der Waals surface area (Å²) >= 11 is 0. The second-order valence-electron chi connectivity index (χ2n) is 6.70. The van der Waals surface area contributed by atoms with Crippen LogP contribution in [-0.2, 0) is 6.54 Å². The van der Waals surface area contributed by atoms with Gasteiger partial charge in [-0.05, 0) is 46.0 Å². The molecule has 1 amide bonds. The lowest BCUT2D eigenvalue weighted by molar-refractivity contribution is 0.0697. The van der Waals surface area contributed by atoms with Crippen molar-refractivity contribution in [3.8, 4) is 0 Å². The zero-order valence-corrected chi connectivity index (χ0v) is 14.5. The summed E-state index contributed by atoms with van der Waals surface area (Å²) in [7, 11) is 4.18. The van der Waals surface area contributed by atoms with E-state index in [2.05, 4.69) is 44.9 Å². The van der Waals surface area contributed by atoms with E-state index in [1.54, 1.807) is 12.3 Å². The van der Waals surface area contributed by atoms with Gasteiger partial charge in [0.25, 0.3) is 5.91 Å². The molecule has 0 aliphatic carbocycles. The summed E-state index contributed by atoms with van der Waals surface area (Å²) in [6, 6.07) is 1.73. The van der Waals surface area contributed by atoms with Crippen molar-refractivity contribution >= 4 is 5.91 Å². The predicted molar refractivity (Wildman–Crippen MR) is 91.9 cm³/mol. The van der Waals surface area contributed by atoms with Crippen molar-refractivity contribution in [3.63, 3.8) is 0 Å². The minimum atomic E-state index is 0.0305. The summed E-state index contributed by atoms with van der Waals surface area (Å²) in [6.07, 6.45) is 8.74. The molecule has 0 spiro atoms. The molecule has 3 heterocycles. The molecule has 1 saturated heterocycles. The highest BCUT2D eigenvalue weighted by Crippen LogP contribution is 2.26. The van der Waals surface area contributed by atoms with Crippen molar-refractivity contribution in [2.45, 2.75) is 31.7 Å². The zero-order valence-electron chi connectivity index (χ0n) is 14.5. The summed E-state index contributed by atoms with van der Waals surface area (Å²) < 4.78 is 2.25. The van der Waals surface area contributed by atoms with Crippen LogP contribution < -0.4 is 0 Å². The number of carbonyl (C=O) groups excluding carboxylic acids is 1. The molecule has 1 N–H and O–H groups in total. The largest absolute Gasteiger partial charge is 0.337 e. The molecule has 3 rings (SSSR count). The van der Waals surface area contributed by atoms with Crippen LogP contribution in [0.2, 0.25) is 0 Å². The zero-order chi connectivity index (χ0) is 16.9. The second-order valence-corrected chi connectivity index (χ2v) is 6.70. The Morgan fingerprint density at radius 3 is 3.04 bits per heavy atom. The Kier molecular flexibility index (Phi) is 5.30. The van der Waals surface area contributed by atoms with Crippen LogP contribution >= 0.6 is 0 Å². The lowest BCUT2D eigenvalue weighted by Crippen LogP contribution is -2.40. The van der Waals surface area contributed by atoms with Gasteiger partial charge in [0, 0.05) is 44.1 Å². The van der Waals surface area contributed by atoms with Crippen molar-refractivity contribution < 1.29 is 4.79 Å². The minimum Gasteiger partial charge on any atom is -0.337 e. The topological polar surface area (TPSA) is 70.1 Å². The lowest BCUT2D eigenvalue weighted by Gasteiger charge is -2.32. The minimum absolute atomic E-state index is 0.0305. The van der Waals surface area contributed by atoms with Gasteiger partial charge in [-0.2, -0.15) is 5.10 Å².